The summed E-state index contributed by atoms with van der Waals surface area (Å²) in [6, 6.07) is 22.5. The maximum Gasteiger partial charge on any atom is 0.224 e. The summed E-state index contributed by atoms with van der Waals surface area (Å²) in [5, 5.41) is 3.12. The molecule has 0 aliphatic carbocycles. The van der Waals surface area contributed by atoms with Crippen molar-refractivity contribution in [2.45, 2.75) is 32.1 Å². The number of nitrogens with zero attached hydrogens (tertiary/aromatic N) is 1. The molecule has 28 heavy (non-hydrogen) atoms. The lowest BCUT2D eigenvalue weighted by atomic mass is 10.1. The minimum Gasteiger partial charge on any atom is -0.370 e. The Kier molecular flexibility index (Phi) is 5.76. The summed E-state index contributed by atoms with van der Waals surface area (Å²) in [4.78, 5) is 18.4. The number of aryl methyl sites for hydroxylation is 1. The molecule has 0 spiro atoms. The van der Waals surface area contributed by atoms with Crippen LogP contribution in [0, 0.1) is 0 Å². The maximum atomic E-state index is 12.6. The number of carbonyl (C=O) groups is 1. The quantitative estimate of drug-likeness (QED) is 0.620. The van der Waals surface area contributed by atoms with Crippen molar-refractivity contribution in [3.8, 4) is 11.3 Å². The van der Waals surface area contributed by atoms with Gasteiger partial charge in [-0.2, -0.15) is 0 Å². The second-order valence-corrected chi connectivity index (χ2v) is 7.38. The number of nitrogens with one attached hydrogen (secondary N) is 2. The molecule has 1 aliphatic rings. The average Bonchev–Trinajstić information content (AvgIpc) is 3.23. The molecule has 0 unspecified atom stereocenters. The smallest absolute Gasteiger partial charge is 0.224 e. The SMILES string of the molecule is O=C(CCc1ccc(-c2ccccc2)[nH]1)Nc1ccccc1N1CCCCC1. The van der Waals surface area contributed by atoms with Gasteiger partial charge in [0.15, 0.2) is 0 Å². The van der Waals surface area contributed by atoms with E-state index in [0.29, 0.717) is 12.8 Å². The van der Waals surface area contributed by atoms with E-state index in [2.05, 4.69) is 45.5 Å². The molecule has 0 atom stereocenters. The normalized spacial score (nSPS) is 14.1. The van der Waals surface area contributed by atoms with Crippen LogP contribution in [-0.4, -0.2) is 24.0 Å². The fourth-order valence-corrected chi connectivity index (χ4v) is 3.82. The predicted molar refractivity (Wildman–Crippen MR) is 116 cm³/mol. The molecule has 2 heterocycles. The Bertz CT molecular complexity index is 910. The van der Waals surface area contributed by atoms with Crippen molar-refractivity contribution in [1.29, 1.82) is 0 Å². The van der Waals surface area contributed by atoms with Crippen LogP contribution < -0.4 is 10.2 Å². The molecule has 144 valence electrons. The third kappa shape index (κ3) is 4.45. The number of aromatic nitrogens is 1. The highest BCUT2D eigenvalue weighted by atomic mass is 16.1. The Balaban J connectivity index is 1.36. The first-order chi connectivity index (χ1) is 13.8. The van der Waals surface area contributed by atoms with Gasteiger partial charge in [-0.1, -0.05) is 42.5 Å². The van der Waals surface area contributed by atoms with Crippen molar-refractivity contribution in [2.75, 3.05) is 23.3 Å². The minimum atomic E-state index is 0.0559. The van der Waals surface area contributed by atoms with E-state index in [-0.39, 0.29) is 5.91 Å². The highest BCUT2D eigenvalue weighted by Gasteiger charge is 2.15. The first kappa shape index (κ1) is 18.4. The summed E-state index contributed by atoms with van der Waals surface area (Å²) in [6.07, 6.45) is 4.90. The van der Waals surface area contributed by atoms with Gasteiger partial charge in [-0.25, -0.2) is 0 Å². The number of hydrogen-bond donors (Lipinski definition) is 2. The Hall–Kier alpha value is -3.01. The number of benzene rings is 2. The zero-order valence-electron chi connectivity index (χ0n) is 16.2. The second kappa shape index (κ2) is 8.79. The molecule has 2 N–H and O–H groups in total. The Morgan fingerprint density at radius 1 is 0.893 bits per heavy atom. The number of piperidine rings is 1. The van der Waals surface area contributed by atoms with Gasteiger partial charge in [-0.05, 0) is 55.5 Å². The highest BCUT2D eigenvalue weighted by Crippen LogP contribution is 2.28. The highest BCUT2D eigenvalue weighted by molar-refractivity contribution is 5.94. The van der Waals surface area contributed by atoms with Crippen LogP contribution in [0.1, 0.15) is 31.4 Å². The van der Waals surface area contributed by atoms with Gasteiger partial charge in [0.2, 0.25) is 5.91 Å². The molecule has 1 aliphatic heterocycles. The van der Waals surface area contributed by atoms with Gasteiger partial charge >= 0.3 is 0 Å². The molecule has 4 rings (SSSR count). The van der Waals surface area contributed by atoms with Crippen molar-refractivity contribution >= 4 is 17.3 Å². The van der Waals surface area contributed by atoms with E-state index in [1.54, 1.807) is 0 Å². The molecule has 4 nitrogen and oxygen atoms in total. The van der Waals surface area contributed by atoms with Gasteiger partial charge < -0.3 is 15.2 Å². The predicted octanol–water partition coefficient (Wildman–Crippen LogP) is 5.24. The number of rotatable bonds is 6. The van der Waals surface area contributed by atoms with Gasteiger partial charge in [0.05, 0.1) is 11.4 Å². The van der Waals surface area contributed by atoms with Crippen LogP contribution in [0.15, 0.2) is 66.7 Å². The fourth-order valence-electron chi connectivity index (χ4n) is 3.82. The lowest BCUT2D eigenvalue weighted by Crippen LogP contribution is -2.30. The first-order valence-corrected chi connectivity index (χ1v) is 10.2. The third-order valence-corrected chi connectivity index (χ3v) is 5.33. The summed E-state index contributed by atoms with van der Waals surface area (Å²) < 4.78 is 0. The Morgan fingerprint density at radius 2 is 1.64 bits per heavy atom. The molecular formula is C24H27N3O. The molecule has 0 saturated carbocycles. The molecular weight excluding hydrogens is 346 g/mol. The van der Waals surface area contributed by atoms with Gasteiger partial charge in [0.25, 0.3) is 0 Å². The van der Waals surface area contributed by atoms with E-state index in [9.17, 15) is 4.79 Å². The van der Waals surface area contributed by atoms with Crippen molar-refractivity contribution in [2.24, 2.45) is 0 Å². The Morgan fingerprint density at radius 3 is 2.46 bits per heavy atom. The minimum absolute atomic E-state index is 0.0559. The van der Waals surface area contributed by atoms with Gasteiger partial charge in [0.1, 0.15) is 0 Å². The van der Waals surface area contributed by atoms with E-state index in [4.69, 9.17) is 0 Å². The first-order valence-electron chi connectivity index (χ1n) is 10.2. The van der Waals surface area contributed by atoms with Crippen LogP contribution in [0.25, 0.3) is 11.3 Å². The van der Waals surface area contributed by atoms with E-state index in [1.165, 1.54) is 19.3 Å². The molecule has 0 bridgehead atoms. The lowest BCUT2D eigenvalue weighted by Gasteiger charge is -2.30. The molecule has 1 aromatic heterocycles. The van der Waals surface area contributed by atoms with Crippen molar-refractivity contribution in [3.05, 3.63) is 72.4 Å². The van der Waals surface area contributed by atoms with Gasteiger partial charge in [-0.15, -0.1) is 0 Å². The third-order valence-electron chi connectivity index (χ3n) is 5.33. The zero-order valence-corrected chi connectivity index (χ0v) is 16.2. The van der Waals surface area contributed by atoms with Crippen LogP contribution >= 0.6 is 0 Å². The molecule has 0 radical (unpaired) electrons. The summed E-state index contributed by atoms with van der Waals surface area (Å²) >= 11 is 0. The molecule has 4 heteroatoms. The number of H-pyrrole nitrogens is 1. The largest absolute Gasteiger partial charge is 0.370 e. The van der Waals surface area contributed by atoms with Gasteiger partial charge in [-0.3, -0.25) is 4.79 Å². The topological polar surface area (TPSA) is 48.1 Å². The van der Waals surface area contributed by atoms with Crippen molar-refractivity contribution < 1.29 is 4.79 Å². The van der Waals surface area contributed by atoms with E-state index in [0.717, 1.165) is 41.4 Å². The number of hydrogen-bond acceptors (Lipinski definition) is 2. The zero-order chi connectivity index (χ0) is 19.2. The number of amides is 1. The standard InChI is InChI=1S/C24H27N3O/c28-24(16-14-20-13-15-21(25-20)19-9-3-1-4-10-19)26-22-11-5-6-12-23(22)27-17-7-2-8-18-27/h1,3-6,9-13,15,25H,2,7-8,14,16-18H2,(H,26,28). The average molecular weight is 374 g/mol. The van der Waals surface area contributed by atoms with E-state index < -0.39 is 0 Å². The van der Waals surface area contributed by atoms with E-state index >= 15 is 0 Å². The summed E-state index contributed by atoms with van der Waals surface area (Å²) in [5.74, 6) is 0.0559. The van der Waals surface area contributed by atoms with Crippen LogP contribution in [0.5, 0.6) is 0 Å². The Labute approximate surface area is 166 Å². The summed E-state index contributed by atoms with van der Waals surface area (Å²) in [7, 11) is 0. The number of para-hydroxylation sites is 2. The fraction of sp³-hybridized carbons (Fsp3) is 0.292. The molecule has 3 aromatic rings. The van der Waals surface area contributed by atoms with Crippen LogP contribution in [0.4, 0.5) is 11.4 Å². The van der Waals surface area contributed by atoms with Gasteiger partial charge in [0, 0.05) is 30.9 Å². The number of aromatic amines is 1. The summed E-state index contributed by atoms with van der Waals surface area (Å²) in [6.45, 7) is 2.13. The van der Waals surface area contributed by atoms with Crippen LogP contribution in [0.3, 0.4) is 0 Å². The second-order valence-electron chi connectivity index (χ2n) is 7.38. The monoisotopic (exact) mass is 373 g/mol. The van der Waals surface area contributed by atoms with Crippen molar-refractivity contribution in [1.82, 2.24) is 4.98 Å². The molecule has 1 amide bonds. The molecule has 1 saturated heterocycles. The van der Waals surface area contributed by atoms with Crippen LogP contribution in [-0.2, 0) is 11.2 Å². The van der Waals surface area contributed by atoms with Crippen LogP contribution in [0.2, 0.25) is 0 Å². The van der Waals surface area contributed by atoms with E-state index in [1.807, 2.05) is 36.4 Å². The maximum absolute atomic E-state index is 12.6. The summed E-state index contributed by atoms with van der Waals surface area (Å²) in [5.41, 5.74) is 5.39. The van der Waals surface area contributed by atoms with Crippen molar-refractivity contribution in [3.63, 3.8) is 0 Å². The lowest BCUT2D eigenvalue weighted by molar-refractivity contribution is -0.116. The molecule has 2 aromatic carbocycles. The number of anilines is 2. The molecule has 1 fully saturated rings. The number of carbonyl (C=O) groups excluding carboxylic acids is 1.